The van der Waals surface area contributed by atoms with Gasteiger partial charge in [0.05, 0.1) is 0 Å². The molecule has 70 valence electrons. The van der Waals surface area contributed by atoms with E-state index in [1.807, 2.05) is 0 Å². The molecule has 1 rings (SSSR count). The summed E-state index contributed by atoms with van der Waals surface area (Å²) in [7, 11) is -1.49. The molecule has 0 radical (unpaired) electrons. The van der Waals surface area contributed by atoms with Crippen LogP contribution in [-0.2, 0) is 5.67 Å². The first kappa shape index (κ1) is 10.2. The van der Waals surface area contributed by atoms with Gasteiger partial charge in [-0.05, 0) is 24.9 Å². The van der Waals surface area contributed by atoms with Crippen LogP contribution in [-0.4, -0.2) is 17.2 Å². The standard InChI is InChI=1S/C9H12BFO2/c1-9(2,11)7-3-5-8(6-4-7)10(12)13/h3-6,12-13H,1-2H3. The summed E-state index contributed by atoms with van der Waals surface area (Å²) < 4.78 is 13.3. The second-order valence-electron chi connectivity index (χ2n) is 3.47. The molecule has 0 saturated carbocycles. The zero-order valence-corrected chi connectivity index (χ0v) is 7.66. The van der Waals surface area contributed by atoms with Crippen LogP contribution >= 0.6 is 0 Å². The van der Waals surface area contributed by atoms with Crippen LogP contribution in [0.2, 0.25) is 0 Å². The molecule has 13 heavy (non-hydrogen) atoms. The van der Waals surface area contributed by atoms with Crippen LogP contribution in [0.1, 0.15) is 19.4 Å². The maximum atomic E-state index is 13.3. The Balaban J connectivity index is 2.94. The van der Waals surface area contributed by atoms with E-state index < -0.39 is 12.8 Å². The monoisotopic (exact) mass is 182 g/mol. The highest BCUT2D eigenvalue weighted by atomic mass is 19.1. The van der Waals surface area contributed by atoms with Crippen LogP contribution in [0.25, 0.3) is 0 Å². The first-order valence-corrected chi connectivity index (χ1v) is 4.07. The third kappa shape index (κ3) is 2.54. The number of benzene rings is 1. The van der Waals surface area contributed by atoms with Gasteiger partial charge < -0.3 is 10.0 Å². The molecule has 0 amide bonds. The van der Waals surface area contributed by atoms with Crippen LogP contribution in [0.3, 0.4) is 0 Å². The smallest absolute Gasteiger partial charge is 0.423 e. The Morgan fingerprint density at radius 1 is 1.15 bits per heavy atom. The van der Waals surface area contributed by atoms with Gasteiger partial charge in [0, 0.05) is 0 Å². The van der Waals surface area contributed by atoms with Crippen molar-refractivity contribution in [3.05, 3.63) is 29.8 Å². The number of hydrogen-bond acceptors (Lipinski definition) is 2. The SMILES string of the molecule is CC(C)(F)c1ccc(B(O)O)cc1. The zero-order valence-electron chi connectivity index (χ0n) is 7.66. The van der Waals surface area contributed by atoms with Gasteiger partial charge in [-0.2, -0.15) is 0 Å². The highest BCUT2D eigenvalue weighted by molar-refractivity contribution is 6.58. The molecule has 0 aliphatic heterocycles. The van der Waals surface area contributed by atoms with Crippen LogP contribution in [0.4, 0.5) is 4.39 Å². The Kier molecular flexibility index (Phi) is 2.73. The predicted molar refractivity (Wildman–Crippen MR) is 50.4 cm³/mol. The number of hydrogen-bond donors (Lipinski definition) is 2. The molecule has 0 spiro atoms. The second kappa shape index (κ2) is 3.48. The molecule has 4 heteroatoms. The predicted octanol–water partition coefficient (Wildman–Crippen LogP) is 0.571. The van der Waals surface area contributed by atoms with Crippen molar-refractivity contribution in [2.75, 3.05) is 0 Å². The van der Waals surface area contributed by atoms with E-state index in [1.165, 1.54) is 26.0 Å². The molecule has 1 aromatic rings. The minimum absolute atomic E-state index is 0.369. The van der Waals surface area contributed by atoms with E-state index in [4.69, 9.17) is 10.0 Å². The fourth-order valence-electron chi connectivity index (χ4n) is 1.05. The lowest BCUT2D eigenvalue weighted by molar-refractivity contribution is 0.221. The van der Waals surface area contributed by atoms with Crippen molar-refractivity contribution in [1.82, 2.24) is 0 Å². The van der Waals surface area contributed by atoms with Gasteiger partial charge in [-0.3, -0.25) is 0 Å². The number of rotatable bonds is 2. The Morgan fingerprint density at radius 3 is 1.92 bits per heavy atom. The van der Waals surface area contributed by atoms with E-state index in [-0.39, 0.29) is 0 Å². The van der Waals surface area contributed by atoms with Crippen molar-refractivity contribution in [2.24, 2.45) is 0 Å². The van der Waals surface area contributed by atoms with E-state index in [1.54, 1.807) is 12.1 Å². The zero-order chi connectivity index (χ0) is 10.1. The summed E-state index contributed by atoms with van der Waals surface area (Å²) in [6.45, 7) is 2.91. The molecule has 0 aliphatic rings. The quantitative estimate of drug-likeness (QED) is 0.656. The summed E-state index contributed by atoms with van der Waals surface area (Å²) in [5.41, 5.74) is -0.497. The molecule has 0 aliphatic carbocycles. The minimum atomic E-state index is -1.49. The van der Waals surface area contributed by atoms with E-state index in [2.05, 4.69) is 0 Å². The average Bonchev–Trinajstić information content (AvgIpc) is 2.03. The molecule has 0 heterocycles. The maximum Gasteiger partial charge on any atom is 0.488 e. The third-order valence-corrected chi connectivity index (χ3v) is 1.90. The number of halogens is 1. The van der Waals surface area contributed by atoms with Crippen molar-refractivity contribution in [3.63, 3.8) is 0 Å². The van der Waals surface area contributed by atoms with Crippen molar-refractivity contribution in [2.45, 2.75) is 19.5 Å². The fraction of sp³-hybridized carbons (Fsp3) is 0.333. The highest BCUT2D eigenvalue weighted by Crippen LogP contribution is 2.23. The van der Waals surface area contributed by atoms with Crippen LogP contribution < -0.4 is 5.46 Å². The van der Waals surface area contributed by atoms with Gasteiger partial charge in [0.2, 0.25) is 0 Å². The summed E-state index contributed by atoms with van der Waals surface area (Å²) in [6, 6.07) is 6.10. The molecule has 2 N–H and O–H groups in total. The molecule has 0 fully saturated rings. The first-order valence-electron chi connectivity index (χ1n) is 4.07. The Bertz CT molecular complexity index is 277. The lowest BCUT2D eigenvalue weighted by atomic mass is 9.79. The van der Waals surface area contributed by atoms with E-state index in [9.17, 15) is 4.39 Å². The molecule has 1 aromatic carbocycles. The average molecular weight is 182 g/mol. The molecule has 0 aromatic heterocycles. The van der Waals surface area contributed by atoms with Gasteiger partial charge in [-0.1, -0.05) is 24.3 Å². The molecule has 0 bridgehead atoms. The molecule has 0 atom stereocenters. The Morgan fingerprint density at radius 2 is 1.62 bits per heavy atom. The minimum Gasteiger partial charge on any atom is -0.423 e. The molecular weight excluding hydrogens is 170 g/mol. The second-order valence-corrected chi connectivity index (χ2v) is 3.47. The normalized spacial score (nSPS) is 11.5. The first-order chi connectivity index (χ1) is 5.91. The largest absolute Gasteiger partial charge is 0.488 e. The summed E-state index contributed by atoms with van der Waals surface area (Å²) in [5, 5.41) is 17.6. The van der Waals surface area contributed by atoms with Crippen molar-refractivity contribution in [1.29, 1.82) is 0 Å². The van der Waals surface area contributed by atoms with Gasteiger partial charge in [0.15, 0.2) is 0 Å². The van der Waals surface area contributed by atoms with Gasteiger partial charge in [-0.25, -0.2) is 4.39 Å². The van der Waals surface area contributed by atoms with Crippen molar-refractivity contribution in [3.8, 4) is 0 Å². The Hall–Kier alpha value is -0.865. The van der Waals surface area contributed by atoms with Crippen LogP contribution in [0, 0.1) is 0 Å². The topological polar surface area (TPSA) is 40.5 Å². The summed E-state index contributed by atoms with van der Waals surface area (Å²) in [4.78, 5) is 0. The molecule has 2 nitrogen and oxygen atoms in total. The Labute approximate surface area is 77.2 Å². The molecule has 0 unspecified atom stereocenters. The van der Waals surface area contributed by atoms with Crippen molar-refractivity contribution < 1.29 is 14.4 Å². The van der Waals surface area contributed by atoms with Gasteiger partial charge >= 0.3 is 7.12 Å². The van der Waals surface area contributed by atoms with Crippen molar-refractivity contribution >= 4 is 12.6 Å². The summed E-state index contributed by atoms with van der Waals surface area (Å²) in [6.07, 6.45) is 0. The maximum absolute atomic E-state index is 13.3. The van der Waals surface area contributed by atoms with E-state index >= 15 is 0 Å². The van der Waals surface area contributed by atoms with Gasteiger partial charge in [-0.15, -0.1) is 0 Å². The lowest BCUT2D eigenvalue weighted by Crippen LogP contribution is -2.29. The van der Waals surface area contributed by atoms with Crippen LogP contribution in [0.15, 0.2) is 24.3 Å². The lowest BCUT2D eigenvalue weighted by Gasteiger charge is -2.14. The summed E-state index contributed by atoms with van der Waals surface area (Å²) >= 11 is 0. The van der Waals surface area contributed by atoms with E-state index in [0.29, 0.717) is 11.0 Å². The van der Waals surface area contributed by atoms with Crippen LogP contribution in [0.5, 0.6) is 0 Å². The fourth-order valence-corrected chi connectivity index (χ4v) is 1.05. The molecule has 0 saturated heterocycles. The third-order valence-electron chi connectivity index (χ3n) is 1.90. The highest BCUT2D eigenvalue weighted by Gasteiger charge is 2.19. The van der Waals surface area contributed by atoms with Gasteiger partial charge in [0.1, 0.15) is 5.67 Å². The molecular formula is C9H12BFO2. The number of alkyl halides is 1. The summed E-state index contributed by atoms with van der Waals surface area (Å²) in [5.74, 6) is 0. The van der Waals surface area contributed by atoms with E-state index in [0.717, 1.165) is 0 Å². The van der Waals surface area contributed by atoms with Gasteiger partial charge in [0.25, 0.3) is 0 Å².